The molecule has 1 nitrogen and oxygen atoms in total. The van der Waals surface area contributed by atoms with Gasteiger partial charge in [-0.25, -0.2) is 0 Å². The average molecular weight is 405 g/mol. The molecule has 0 saturated heterocycles. The molecule has 0 N–H and O–H groups in total. The van der Waals surface area contributed by atoms with E-state index in [1.807, 2.05) is 0 Å². The summed E-state index contributed by atoms with van der Waals surface area (Å²) in [5.74, 6) is 0.666. The van der Waals surface area contributed by atoms with Crippen LogP contribution in [0.4, 0.5) is 0 Å². The maximum atomic E-state index is 13.6. The molecule has 0 radical (unpaired) electrons. The smallest absolute Gasteiger partial charge is 0.139 e. The summed E-state index contributed by atoms with van der Waals surface area (Å²) in [6.45, 7) is 0. The summed E-state index contributed by atoms with van der Waals surface area (Å²) in [5.41, 5.74) is 0.0459. The predicted molar refractivity (Wildman–Crippen MR) is 127 cm³/mol. The van der Waals surface area contributed by atoms with Gasteiger partial charge in [0.1, 0.15) is 5.78 Å². The molecule has 0 aromatic rings. The van der Waals surface area contributed by atoms with E-state index in [1.165, 1.54) is 154 Å². The van der Waals surface area contributed by atoms with Crippen LogP contribution in [0.3, 0.4) is 0 Å². The second kappa shape index (κ2) is 16.4. The third kappa shape index (κ3) is 11.0. The normalized spacial score (nSPS) is 26.1. The third-order valence-corrected chi connectivity index (χ3v) is 7.96. The lowest BCUT2D eigenvalue weighted by Crippen LogP contribution is -2.31. The Morgan fingerprint density at radius 3 is 0.897 bits per heavy atom. The van der Waals surface area contributed by atoms with Crippen LogP contribution in [-0.2, 0) is 4.79 Å². The van der Waals surface area contributed by atoms with Gasteiger partial charge in [0, 0.05) is 11.8 Å². The van der Waals surface area contributed by atoms with E-state index in [9.17, 15) is 4.79 Å². The van der Waals surface area contributed by atoms with E-state index in [1.54, 1.807) is 0 Å². The third-order valence-electron chi connectivity index (χ3n) is 7.96. The van der Waals surface area contributed by atoms with Gasteiger partial charge in [-0.1, -0.05) is 135 Å². The Morgan fingerprint density at radius 2 is 0.586 bits per heavy atom. The highest BCUT2D eigenvalue weighted by Gasteiger charge is 2.35. The van der Waals surface area contributed by atoms with Crippen LogP contribution in [0.1, 0.15) is 167 Å². The van der Waals surface area contributed by atoms with E-state index in [-0.39, 0.29) is 5.41 Å². The van der Waals surface area contributed by atoms with E-state index >= 15 is 0 Å². The minimum absolute atomic E-state index is 0.0459. The van der Waals surface area contributed by atoms with Crippen LogP contribution >= 0.6 is 0 Å². The fourth-order valence-electron chi connectivity index (χ4n) is 5.92. The van der Waals surface area contributed by atoms with Crippen LogP contribution in [0.15, 0.2) is 0 Å². The Labute approximate surface area is 183 Å². The van der Waals surface area contributed by atoms with Crippen molar-refractivity contribution in [1.82, 2.24) is 0 Å². The highest BCUT2D eigenvalue weighted by Crippen LogP contribution is 2.40. The van der Waals surface area contributed by atoms with E-state index < -0.39 is 0 Å². The number of Topliss-reactive ketones (excluding diaryl/α,β-unsaturated/α-hetero) is 1. The molecule has 1 heteroatoms. The molecule has 0 aliphatic heterocycles. The van der Waals surface area contributed by atoms with Crippen molar-refractivity contribution in [3.05, 3.63) is 0 Å². The highest BCUT2D eigenvalue weighted by atomic mass is 16.1. The topological polar surface area (TPSA) is 17.1 Å². The summed E-state index contributed by atoms with van der Waals surface area (Å²) in [5, 5.41) is 0. The maximum Gasteiger partial charge on any atom is 0.139 e. The Hall–Kier alpha value is -0.330. The number of ketones is 1. The Bertz CT molecular complexity index is 385. The summed E-state index contributed by atoms with van der Waals surface area (Å²) in [6.07, 6.45) is 34.6. The molecule has 2 rings (SSSR count). The first-order chi connectivity index (χ1) is 14.3. The van der Waals surface area contributed by atoms with Gasteiger partial charge in [0.15, 0.2) is 0 Å². The van der Waals surface area contributed by atoms with Crippen molar-refractivity contribution in [2.24, 2.45) is 5.41 Å². The average Bonchev–Trinajstić information content (AvgIpc) is 2.73. The Kier molecular flexibility index (Phi) is 14.1. The van der Waals surface area contributed by atoms with Gasteiger partial charge >= 0.3 is 0 Å². The van der Waals surface area contributed by atoms with Gasteiger partial charge in [0.25, 0.3) is 0 Å². The van der Waals surface area contributed by atoms with Gasteiger partial charge in [-0.2, -0.15) is 0 Å². The largest absolute Gasteiger partial charge is 0.299 e. The molecule has 2 fully saturated rings. The maximum absolute atomic E-state index is 13.6. The molecule has 0 aromatic heterocycles. The number of hydrogen-bond donors (Lipinski definition) is 0. The van der Waals surface area contributed by atoms with Crippen LogP contribution in [0.2, 0.25) is 0 Å². The van der Waals surface area contributed by atoms with Gasteiger partial charge in [-0.3, -0.25) is 4.79 Å². The first-order valence-corrected chi connectivity index (χ1v) is 13.9. The Balaban J connectivity index is 1.98. The minimum atomic E-state index is 0.0459. The van der Waals surface area contributed by atoms with Crippen molar-refractivity contribution in [2.45, 2.75) is 167 Å². The van der Waals surface area contributed by atoms with E-state index in [0.29, 0.717) is 5.78 Å². The first kappa shape index (κ1) is 24.9. The van der Waals surface area contributed by atoms with Crippen molar-refractivity contribution in [3.8, 4) is 0 Å². The summed E-state index contributed by atoms with van der Waals surface area (Å²) in [7, 11) is 0. The molecule has 170 valence electrons. The van der Waals surface area contributed by atoms with E-state index in [0.717, 1.165) is 12.8 Å². The van der Waals surface area contributed by atoms with E-state index in [4.69, 9.17) is 0 Å². The predicted octanol–water partition coefficient (Wildman–Crippen LogP) is 9.71. The summed E-state index contributed by atoms with van der Waals surface area (Å²) < 4.78 is 0. The molecule has 0 unspecified atom stereocenters. The number of carbonyl (C=O) groups is 1. The van der Waals surface area contributed by atoms with Crippen molar-refractivity contribution < 1.29 is 4.79 Å². The molecule has 0 amide bonds. The lowest BCUT2D eigenvalue weighted by Gasteiger charge is -2.33. The van der Waals surface area contributed by atoms with Crippen molar-refractivity contribution in [1.29, 1.82) is 0 Å². The molecule has 0 heterocycles. The zero-order chi connectivity index (χ0) is 20.5. The molecule has 2 saturated carbocycles. The van der Waals surface area contributed by atoms with Crippen LogP contribution in [0, 0.1) is 5.41 Å². The second-order valence-corrected chi connectivity index (χ2v) is 10.5. The zero-order valence-electron chi connectivity index (χ0n) is 19.8. The monoisotopic (exact) mass is 404 g/mol. The molecular formula is C28H52O. The molecule has 1 spiro atoms. The van der Waals surface area contributed by atoms with Crippen molar-refractivity contribution in [2.75, 3.05) is 0 Å². The van der Waals surface area contributed by atoms with E-state index in [2.05, 4.69) is 0 Å². The van der Waals surface area contributed by atoms with Crippen molar-refractivity contribution in [3.63, 3.8) is 0 Å². The lowest BCUT2D eigenvalue weighted by molar-refractivity contribution is -0.130. The molecule has 29 heavy (non-hydrogen) atoms. The SMILES string of the molecule is O=C1CCCCCCCCCCCCCC12CCCCCCCCCCCCC2. The summed E-state index contributed by atoms with van der Waals surface area (Å²) in [6, 6.07) is 0. The first-order valence-electron chi connectivity index (χ1n) is 13.9. The molecular weight excluding hydrogens is 352 g/mol. The van der Waals surface area contributed by atoms with Gasteiger partial charge in [0.05, 0.1) is 0 Å². The number of rotatable bonds is 0. The fourth-order valence-corrected chi connectivity index (χ4v) is 5.92. The van der Waals surface area contributed by atoms with Crippen LogP contribution in [0.5, 0.6) is 0 Å². The quantitative estimate of drug-likeness (QED) is 0.392. The molecule has 0 aromatic carbocycles. The highest BCUT2D eigenvalue weighted by molar-refractivity contribution is 5.84. The van der Waals surface area contributed by atoms with Gasteiger partial charge in [-0.15, -0.1) is 0 Å². The molecule has 0 atom stereocenters. The summed E-state index contributed by atoms with van der Waals surface area (Å²) >= 11 is 0. The molecule has 2 aliphatic carbocycles. The number of carbonyl (C=O) groups excluding carboxylic acids is 1. The fraction of sp³-hybridized carbons (Fsp3) is 0.964. The second-order valence-electron chi connectivity index (χ2n) is 10.5. The van der Waals surface area contributed by atoms with Gasteiger partial charge in [-0.05, 0) is 25.7 Å². The van der Waals surface area contributed by atoms with Crippen LogP contribution < -0.4 is 0 Å². The lowest BCUT2D eigenvalue weighted by atomic mass is 9.69. The van der Waals surface area contributed by atoms with Gasteiger partial charge in [0.2, 0.25) is 0 Å². The van der Waals surface area contributed by atoms with Crippen LogP contribution in [0.25, 0.3) is 0 Å². The molecule has 0 bridgehead atoms. The summed E-state index contributed by atoms with van der Waals surface area (Å²) in [4.78, 5) is 13.6. The minimum Gasteiger partial charge on any atom is -0.299 e. The zero-order valence-corrected chi connectivity index (χ0v) is 19.8. The van der Waals surface area contributed by atoms with Crippen molar-refractivity contribution >= 4 is 5.78 Å². The van der Waals surface area contributed by atoms with Crippen LogP contribution in [-0.4, -0.2) is 5.78 Å². The van der Waals surface area contributed by atoms with Gasteiger partial charge < -0.3 is 0 Å². The Morgan fingerprint density at radius 1 is 0.345 bits per heavy atom. The number of hydrogen-bond acceptors (Lipinski definition) is 1. The standard InChI is InChI=1S/C28H52O/c29-27-23-19-15-11-7-3-1-4-8-12-16-20-24-28(27)25-21-17-13-9-5-2-6-10-14-18-22-26-28/h1-26H2. The molecule has 2 aliphatic rings.